The van der Waals surface area contributed by atoms with Gasteiger partial charge >= 0.3 is 0 Å². The normalized spacial score (nSPS) is 24.8. The Morgan fingerprint density at radius 1 is 1.39 bits per heavy atom. The van der Waals surface area contributed by atoms with E-state index < -0.39 is 0 Å². The third-order valence-corrected chi connectivity index (χ3v) is 3.45. The molecule has 102 valence electrons. The molecule has 1 aliphatic carbocycles. The van der Waals surface area contributed by atoms with Crippen LogP contribution in [0.25, 0.3) is 0 Å². The summed E-state index contributed by atoms with van der Waals surface area (Å²) in [7, 11) is 0. The smallest absolute Gasteiger partial charge is 0.243 e. The second-order valence-corrected chi connectivity index (χ2v) is 4.94. The highest BCUT2D eigenvalue weighted by atomic mass is 16.3. The highest BCUT2D eigenvalue weighted by Crippen LogP contribution is 2.29. The summed E-state index contributed by atoms with van der Waals surface area (Å²) in [6, 6.07) is -0.0304. The first-order chi connectivity index (χ1) is 8.72. The molecule has 18 heavy (non-hydrogen) atoms. The van der Waals surface area contributed by atoms with Crippen LogP contribution in [0.15, 0.2) is 0 Å². The molecule has 6 nitrogen and oxygen atoms in total. The van der Waals surface area contributed by atoms with E-state index in [4.69, 9.17) is 5.73 Å². The molecule has 1 saturated carbocycles. The van der Waals surface area contributed by atoms with Crippen molar-refractivity contribution in [2.24, 2.45) is 0 Å². The number of aliphatic hydroxyl groups is 1. The van der Waals surface area contributed by atoms with Crippen LogP contribution in [0.5, 0.6) is 0 Å². The Morgan fingerprint density at radius 3 is 2.94 bits per heavy atom. The molecule has 2 unspecified atom stereocenters. The second-order valence-electron chi connectivity index (χ2n) is 4.94. The van der Waals surface area contributed by atoms with Crippen molar-refractivity contribution in [2.45, 2.75) is 57.6 Å². The fourth-order valence-electron chi connectivity index (χ4n) is 2.44. The van der Waals surface area contributed by atoms with Crippen LogP contribution in [0.4, 0.5) is 11.9 Å². The molecule has 0 radical (unpaired) electrons. The Balaban J connectivity index is 2.12. The predicted molar refractivity (Wildman–Crippen MR) is 71.3 cm³/mol. The van der Waals surface area contributed by atoms with Gasteiger partial charge < -0.3 is 16.2 Å². The van der Waals surface area contributed by atoms with E-state index in [9.17, 15) is 5.11 Å². The Morgan fingerprint density at radius 2 is 2.17 bits per heavy atom. The number of hydrogen-bond donors (Lipinski definition) is 3. The monoisotopic (exact) mass is 253 g/mol. The molecule has 1 heterocycles. The lowest BCUT2D eigenvalue weighted by molar-refractivity contribution is 0.100. The van der Waals surface area contributed by atoms with Gasteiger partial charge in [0.25, 0.3) is 0 Å². The van der Waals surface area contributed by atoms with E-state index in [1.807, 2.05) is 0 Å². The number of nitrogen functional groups attached to an aromatic ring is 1. The molecule has 0 bridgehead atoms. The van der Waals surface area contributed by atoms with E-state index in [0.717, 1.165) is 38.6 Å². The third-order valence-electron chi connectivity index (χ3n) is 3.45. The summed E-state index contributed by atoms with van der Waals surface area (Å²) >= 11 is 0. The largest absolute Gasteiger partial charge is 0.391 e. The van der Waals surface area contributed by atoms with Gasteiger partial charge in [-0.15, -0.1) is 5.10 Å². The van der Waals surface area contributed by atoms with Crippen LogP contribution in [-0.2, 0) is 0 Å². The summed E-state index contributed by atoms with van der Waals surface area (Å²) in [4.78, 5) is 4.20. The zero-order valence-corrected chi connectivity index (χ0v) is 11.0. The fraction of sp³-hybridized carbons (Fsp3) is 0.833. The SMILES string of the molecule is CCCNc1nc(N)n(C2CCCCCC2O)n1. The van der Waals surface area contributed by atoms with Gasteiger partial charge in [0.05, 0.1) is 12.1 Å². The lowest BCUT2D eigenvalue weighted by atomic mass is 10.1. The maximum atomic E-state index is 10.1. The first-order valence-corrected chi connectivity index (χ1v) is 6.86. The zero-order valence-electron chi connectivity index (χ0n) is 11.0. The van der Waals surface area contributed by atoms with Crippen molar-refractivity contribution in [2.75, 3.05) is 17.6 Å². The van der Waals surface area contributed by atoms with Gasteiger partial charge in [0, 0.05) is 6.54 Å². The molecule has 6 heteroatoms. The minimum Gasteiger partial charge on any atom is -0.391 e. The molecule has 0 aliphatic heterocycles. The number of rotatable bonds is 4. The molecule has 0 aromatic carbocycles. The van der Waals surface area contributed by atoms with Crippen molar-refractivity contribution in [3.63, 3.8) is 0 Å². The van der Waals surface area contributed by atoms with Gasteiger partial charge in [-0.25, -0.2) is 4.68 Å². The second kappa shape index (κ2) is 6.04. The molecule has 2 atom stereocenters. The summed E-state index contributed by atoms with van der Waals surface area (Å²) in [5.74, 6) is 0.949. The standard InChI is InChI=1S/C12H23N5O/c1-2-8-14-12-15-11(13)17(16-12)9-6-4-3-5-7-10(9)18/h9-10,18H,2-8H2,1H3,(H3,13,14,15,16). The molecule has 1 aromatic rings. The van der Waals surface area contributed by atoms with E-state index in [2.05, 4.69) is 22.3 Å². The number of aromatic nitrogens is 3. The van der Waals surface area contributed by atoms with Crippen molar-refractivity contribution >= 4 is 11.9 Å². The van der Waals surface area contributed by atoms with Crippen LogP contribution >= 0.6 is 0 Å². The first-order valence-electron chi connectivity index (χ1n) is 6.86. The molecule has 4 N–H and O–H groups in total. The average molecular weight is 253 g/mol. The topological polar surface area (TPSA) is 89.0 Å². The summed E-state index contributed by atoms with van der Waals surface area (Å²) in [6.07, 6.45) is 5.75. The highest BCUT2D eigenvalue weighted by Gasteiger charge is 2.26. The first kappa shape index (κ1) is 13.1. The molecule has 1 aliphatic rings. The van der Waals surface area contributed by atoms with E-state index in [1.54, 1.807) is 4.68 Å². The number of hydrogen-bond acceptors (Lipinski definition) is 5. The van der Waals surface area contributed by atoms with E-state index in [1.165, 1.54) is 6.42 Å². The quantitative estimate of drug-likeness (QED) is 0.708. The molecule has 0 saturated heterocycles. The lowest BCUT2D eigenvalue weighted by Gasteiger charge is -2.20. The zero-order chi connectivity index (χ0) is 13.0. The maximum absolute atomic E-state index is 10.1. The van der Waals surface area contributed by atoms with Crippen molar-refractivity contribution in [1.29, 1.82) is 0 Å². The predicted octanol–water partition coefficient (Wildman–Crippen LogP) is 1.55. The Bertz CT molecular complexity index is 379. The number of nitrogens with two attached hydrogens (primary N) is 1. The third kappa shape index (κ3) is 2.93. The van der Waals surface area contributed by atoms with Crippen molar-refractivity contribution in [3.05, 3.63) is 0 Å². The van der Waals surface area contributed by atoms with Gasteiger partial charge in [-0.05, 0) is 19.3 Å². The molecule has 1 fully saturated rings. The van der Waals surface area contributed by atoms with Crippen LogP contribution in [-0.4, -0.2) is 32.5 Å². The molecule has 1 aromatic heterocycles. The Kier molecular flexibility index (Phi) is 4.41. The van der Waals surface area contributed by atoms with Gasteiger partial charge in [0.2, 0.25) is 11.9 Å². The van der Waals surface area contributed by atoms with E-state index >= 15 is 0 Å². The summed E-state index contributed by atoms with van der Waals surface area (Å²) in [5.41, 5.74) is 5.90. The Labute approximate surface area is 108 Å². The van der Waals surface area contributed by atoms with Gasteiger partial charge in [-0.2, -0.15) is 4.98 Å². The van der Waals surface area contributed by atoms with Crippen molar-refractivity contribution in [3.8, 4) is 0 Å². The molecule has 0 amide bonds. The summed E-state index contributed by atoms with van der Waals surface area (Å²) in [5, 5.41) is 17.6. The molecule has 2 rings (SSSR count). The van der Waals surface area contributed by atoms with Gasteiger partial charge in [0.1, 0.15) is 0 Å². The number of aliphatic hydroxyl groups excluding tert-OH is 1. The molecular weight excluding hydrogens is 230 g/mol. The summed E-state index contributed by atoms with van der Waals surface area (Å²) < 4.78 is 1.69. The average Bonchev–Trinajstić information content (AvgIpc) is 2.58. The lowest BCUT2D eigenvalue weighted by Crippen LogP contribution is -2.25. The highest BCUT2D eigenvalue weighted by molar-refractivity contribution is 5.31. The number of nitrogens with zero attached hydrogens (tertiary/aromatic N) is 3. The minimum atomic E-state index is -0.365. The van der Waals surface area contributed by atoms with Gasteiger partial charge in [-0.1, -0.05) is 26.2 Å². The van der Waals surface area contributed by atoms with Crippen LogP contribution in [0.1, 0.15) is 51.5 Å². The van der Waals surface area contributed by atoms with Gasteiger partial charge in [-0.3, -0.25) is 0 Å². The summed E-state index contributed by atoms with van der Waals surface area (Å²) in [6.45, 7) is 2.92. The number of nitrogens with one attached hydrogen (secondary N) is 1. The maximum Gasteiger partial charge on any atom is 0.243 e. The van der Waals surface area contributed by atoms with Crippen LogP contribution in [0.3, 0.4) is 0 Å². The Hall–Kier alpha value is -1.30. The van der Waals surface area contributed by atoms with Crippen LogP contribution in [0, 0.1) is 0 Å². The van der Waals surface area contributed by atoms with Crippen LogP contribution in [0.2, 0.25) is 0 Å². The fourth-order valence-corrected chi connectivity index (χ4v) is 2.44. The van der Waals surface area contributed by atoms with Gasteiger partial charge in [0.15, 0.2) is 0 Å². The molecule has 0 spiro atoms. The molecular formula is C12H23N5O. The van der Waals surface area contributed by atoms with Crippen molar-refractivity contribution < 1.29 is 5.11 Å². The van der Waals surface area contributed by atoms with E-state index in [0.29, 0.717) is 11.9 Å². The van der Waals surface area contributed by atoms with Crippen LogP contribution < -0.4 is 11.1 Å². The van der Waals surface area contributed by atoms with E-state index in [-0.39, 0.29) is 12.1 Å². The number of anilines is 2. The van der Waals surface area contributed by atoms with Crippen molar-refractivity contribution in [1.82, 2.24) is 14.8 Å². The minimum absolute atomic E-state index is 0.0304.